The highest BCUT2D eigenvalue weighted by molar-refractivity contribution is 8.26. The molecular formula is C27H38N4O3S2. The molecular weight excluding hydrogens is 492 g/mol. The van der Waals surface area contributed by atoms with E-state index < -0.39 is 0 Å². The maximum absolute atomic E-state index is 13.5. The summed E-state index contributed by atoms with van der Waals surface area (Å²) in [6.07, 6.45) is 6.16. The fourth-order valence-corrected chi connectivity index (χ4v) is 6.35. The lowest BCUT2D eigenvalue weighted by Gasteiger charge is -2.39. The summed E-state index contributed by atoms with van der Waals surface area (Å²) in [5, 5.41) is 9.80. The monoisotopic (exact) mass is 530 g/mol. The van der Waals surface area contributed by atoms with Crippen LogP contribution in [0.5, 0.6) is 0 Å². The molecule has 0 N–H and O–H groups in total. The van der Waals surface area contributed by atoms with E-state index in [1.54, 1.807) is 16.4 Å². The second kappa shape index (κ2) is 12.4. The number of unbranched alkanes of at least 4 members (excludes halogenated alkanes) is 1. The second-order valence-electron chi connectivity index (χ2n) is 9.77. The standard InChI is InChI=1S/C27H38N4O3S2/c1-7-10-11-20(8-2)16-31-26(33)23(36-27(31)35)12-21-19(6)22(13-28)25(32)30(9-3)24(21)29-14-17(4)34-18(5)15-29/h12,17-18,20H,7-11,14-16H2,1-6H3. The highest BCUT2D eigenvalue weighted by atomic mass is 32.2. The van der Waals surface area contributed by atoms with Crippen LogP contribution < -0.4 is 10.5 Å². The zero-order valence-electron chi connectivity index (χ0n) is 22.3. The molecule has 2 fully saturated rings. The molecule has 3 unspecified atom stereocenters. The van der Waals surface area contributed by atoms with Gasteiger partial charge in [0.25, 0.3) is 11.5 Å². The number of anilines is 1. The predicted octanol–water partition coefficient (Wildman–Crippen LogP) is 5.08. The van der Waals surface area contributed by atoms with Crippen LogP contribution in [0.15, 0.2) is 9.70 Å². The van der Waals surface area contributed by atoms with Gasteiger partial charge in [-0.1, -0.05) is 57.1 Å². The van der Waals surface area contributed by atoms with Crippen molar-refractivity contribution in [2.24, 2.45) is 5.92 Å². The summed E-state index contributed by atoms with van der Waals surface area (Å²) in [5.41, 5.74) is 1.13. The molecule has 9 heteroatoms. The van der Waals surface area contributed by atoms with Crippen molar-refractivity contribution < 1.29 is 9.53 Å². The van der Waals surface area contributed by atoms with Gasteiger partial charge in [-0.15, -0.1) is 0 Å². The maximum Gasteiger partial charge on any atom is 0.270 e. The molecule has 3 atom stereocenters. The normalized spacial score (nSPS) is 22.4. The molecule has 0 aromatic carbocycles. The lowest BCUT2D eigenvalue weighted by Crippen LogP contribution is -2.48. The summed E-state index contributed by atoms with van der Waals surface area (Å²) >= 11 is 6.93. The molecule has 7 nitrogen and oxygen atoms in total. The molecule has 0 spiro atoms. The Labute approximate surface area is 224 Å². The van der Waals surface area contributed by atoms with E-state index in [4.69, 9.17) is 17.0 Å². The van der Waals surface area contributed by atoms with E-state index in [0.717, 1.165) is 37.1 Å². The highest BCUT2D eigenvalue weighted by Gasteiger charge is 2.35. The number of hydrogen-bond donors (Lipinski definition) is 0. The number of rotatable bonds is 9. The van der Waals surface area contributed by atoms with Crippen molar-refractivity contribution in [1.82, 2.24) is 9.47 Å². The molecule has 3 heterocycles. The molecule has 2 aliphatic heterocycles. The average molecular weight is 531 g/mol. The van der Waals surface area contributed by atoms with Crippen LogP contribution in [0.2, 0.25) is 0 Å². The zero-order valence-corrected chi connectivity index (χ0v) is 23.9. The maximum atomic E-state index is 13.5. The van der Waals surface area contributed by atoms with Crippen molar-refractivity contribution in [3.05, 3.63) is 31.9 Å². The quantitative estimate of drug-likeness (QED) is 0.325. The van der Waals surface area contributed by atoms with E-state index >= 15 is 0 Å². The molecule has 0 aliphatic carbocycles. The second-order valence-corrected chi connectivity index (χ2v) is 11.4. The molecule has 3 rings (SSSR count). The zero-order chi connectivity index (χ0) is 26.6. The van der Waals surface area contributed by atoms with E-state index in [9.17, 15) is 14.9 Å². The van der Waals surface area contributed by atoms with Crippen molar-refractivity contribution in [2.75, 3.05) is 24.5 Å². The van der Waals surface area contributed by atoms with Crippen molar-refractivity contribution in [2.45, 2.75) is 86.0 Å². The van der Waals surface area contributed by atoms with Gasteiger partial charge in [-0.05, 0) is 51.7 Å². The van der Waals surface area contributed by atoms with Crippen molar-refractivity contribution in [3.63, 3.8) is 0 Å². The summed E-state index contributed by atoms with van der Waals surface area (Å²) < 4.78 is 8.15. The number of hydrogen-bond acceptors (Lipinski definition) is 7. The minimum atomic E-state index is -0.300. The number of nitriles is 1. The molecule has 2 saturated heterocycles. The molecule has 1 aromatic rings. The van der Waals surface area contributed by atoms with Crippen LogP contribution >= 0.6 is 24.0 Å². The lowest BCUT2D eigenvalue weighted by atomic mass is 9.99. The van der Waals surface area contributed by atoms with Crippen LogP contribution in [0.25, 0.3) is 6.08 Å². The van der Waals surface area contributed by atoms with Crippen LogP contribution in [0.3, 0.4) is 0 Å². The van der Waals surface area contributed by atoms with Gasteiger partial charge in [-0.2, -0.15) is 5.26 Å². The van der Waals surface area contributed by atoms with Crippen LogP contribution in [0.4, 0.5) is 5.82 Å². The fourth-order valence-electron chi connectivity index (χ4n) is 5.09. The Balaban J connectivity index is 2.10. The highest BCUT2D eigenvalue weighted by Crippen LogP contribution is 2.37. The summed E-state index contributed by atoms with van der Waals surface area (Å²) in [7, 11) is 0. The SMILES string of the molecule is CCCCC(CC)CN1C(=O)C(=Cc2c(C)c(C#N)c(=O)n(CC)c2N2CC(C)OC(C)C2)SC1=S. The Hall–Kier alpha value is -2.15. The van der Waals surface area contributed by atoms with Gasteiger partial charge in [0.05, 0.1) is 17.1 Å². The van der Waals surface area contributed by atoms with Crippen LogP contribution in [-0.2, 0) is 16.1 Å². The largest absolute Gasteiger partial charge is 0.372 e. The first-order valence-electron chi connectivity index (χ1n) is 13.0. The van der Waals surface area contributed by atoms with Gasteiger partial charge >= 0.3 is 0 Å². The number of nitrogens with zero attached hydrogens (tertiary/aromatic N) is 4. The molecule has 0 bridgehead atoms. The Morgan fingerprint density at radius 3 is 2.44 bits per heavy atom. The third-order valence-electron chi connectivity index (χ3n) is 7.01. The van der Waals surface area contributed by atoms with E-state index in [-0.39, 0.29) is 29.2 Å². The number of morpholine rings is 1. The van der Waals surface area contributed by atoms with Gasteiger partial charge in [0.2, 0.25) is 0 Å². The number of aromatic nitrogens is 1. The number of carbonyl (C=O) groups excluding carboxylic acids is 1. The number of carbonyl (C=O) groups is 1. The third-order valence-corrected chi connectivity index (χ3v) is 8.39. The number of amides is 1. The summed E-state index contributed by atoms with van der Waals surface area (Å²) in [5.74, 6) is 1.05. The molecule has 1 amide bonds. The van der Waals surface area contributed by atoms with Gasteiger partial charge in [0, 0.05) is 31.7 Å². The van der Waals surface area contributed by atoms with E-state index in [1.165, 1.54) is 11.8 Å². The molecule has 196 valence electrons. The third kappa shape index (κ3) is 5.87. The fraction of sp³-hybridized carbons (Fsp3) is 0.630. The number of thiocarbonyl (C=S) groups is 1. The first kappa shape index (κ1) is 28.4. The van der Waals surface area contributed by atoms with Crippen LogP contribution in [0.1, 0.15) is 77.0 Å². The minimum Gasteiger partial charge on any atom is -0.372 e. The molecule has 1 aromatic heterocycles. The van der Waals surface area contributed by atoms with Gasteiger partial charge in [-0.3, -0.25) is 19.1 Å². The van der Waals surface area contributed by atoms with Crippen molar-refractivity contribution >= 4 is 46.1 Å². The van der Waals surface area contributed by atoms with E-state index in [1.807, 2.05) is 26.8 Å². The van der Waals surface area contributed by atoms with Gasteiger partial charge in [-0.25, -0.2) is 0 Å². The summed E-state index contributed by atoms with van der Waals surface area (Å²) in [6.45, 7) is 14.3. The molecule has 36 heavy (non-hydrogen) atoms. The topological polar surface area (TPSA) is 78.6 Å². The minimum absolute atomic E-state index is 0.00901. The Bertz CT molecular complexity index is 1130. The molecule has 0 saturated carbocycles. The van der Waals surface area contributed by atoms with Crippen molar-refractivity contribution in [3.8, 4) is 6.07 Å². The predicted molar refractivity (Wildman–Crippen MR) is 151 cm³/mol. The Morgan fingerprint density at radius 1 is 1.22 bits per heavy atom. The molecule has 0 radical (unpaired) electrons. The summed E-state index contributed by atoms with van der Waals surface area (Å²) in [6, 6.07) is 2.10. The van der Waals surface area contributed by atoms with Crippen LogP contribution in [0, 0.1) is 24.2 Å². The molecule has 2 aliphatic rings. The van der Waals surface area contributed by atoms with Crippen molar-refractivity contribution in [1.29, 1.82) is 5.26 Å². The van der Waals surface area contributed by atoms with Gasteiger partial charge in [0.15, 0.2) is 0 Å². The average Bonchev–Trinajstić information content (AvgIpc) is 3.09. The first-order valence-corrected chi connectivity index (χ1v) is 14.2. The first-order chi connectivity index (χ1) is 17.2. The number of ether oxygens (including phenoxy) is 1. The summed E-state index contributed by atoms with van der Waals surface area (Å²) in [4.78, 5) is 31.2. The van der Waals surface area contributed by atoms with Gasteiger partial charge < -0.3 is 9.64 Å². The smallest absolute Gasteiger partial charge is 0.270 e. The Morgan fingerprint density at radius 2 is 1.89 bits per heavy atom. The van der Waals surface area contributed by atoms with Crippen LogP contribution in [-0.4, -0.2) is 51.5 Å². The Kier molecular flexibility index (Phi) is 9.79. The van der Waals surface area contributed by atoms with E-state index in [0.29, 0.717) is 46.9 Å². The number of pyridine rings is 1. The van der Waals surface area contributed by atoms with E-state index in [2.05, 4.69) is 24.8 Å². The number of thioether (sulfide) groups is 1. The van der Waals surface area contributed by atoms with Gasteiger partial charge in [0.1, 0.15) is 21.8 Å². The lowest BCUT2D eigenvalue weighted by molar-refractivity contribution is -0.122.